The fraction of sp³-hybridized carbons (Fsp3) is 0.257. The third kappa shape index (κ3) is 9.92. The highest BCUT2D eigenvalue weighted by Gasteiger charge is 2.11. The number of rotatable bonds is 16. The SMILES string of the molecule is O=C(O)CCCCN(CCc1ccccc1OCc1ccc(-c2ccccc2)cc1)Cc1ccc(CC(=O)O)cc1. The maximum atomic E-state index is 11.0. The molecule has 0 heterocycles. The highest BCUT2D eigenvalue weighted by Crippen LogP contribution is 2.23. The molecule has 6 heteroatoms. The van der Waals surface area contributed by atoms with Gasteiger partial charge < -0.3 is 14.9 Å². The van der Waals surface area contributed by atoms with E-state index in [0.717, 1.165) is 53.9 Å². The molecule has 212 valence electrons. The molecule has 0 aliphatic carbocycles. The Bertz CT molecular complexity index is 1380. The summed E-state index contributed by atoms with van der Waals surface area (Å²) < 4.78 is 6.26. The zero-order valence-electron chi connectivity index (χ0n) is 23.2. The molecule has 0 unspecified atom stereocenters. The molecule has 0 aromatic heterocycles. The van der Waals surface area contributed by atoms with Crippen LogP contribution in [0.5, 0.6) is 5.75 Å². The summed E-state index contributed by atoms with van der Waals surface area (Å²) in [7, 11) is 0. The first-order valence-corrected chi connectivity index (χ1v) is 14.0. The number of para-hydroxylation sites is 1. The Morgan fingerprint density at radius 3 is 1.98 bits per heavy atom. The van der Waals surface area contributed by atoms with Crippen LogP contribution >= 0.6 is 0 Å². The van der Waals surface area contributed by atoms with Crippen LogP contribution in [0.2, 0.25) is 0 Å². The summed E-state index contributed by atoms with van der Waals surface area (Å²) in [6.07, 6.45) is 2.39. The van der Waals surface area contributed by atoms with Gasteiger partial charge in [-0.25, -0.2) is 0 Å². The third-order valence-electron chi connectivity index (χ3n) is 7.02. The van der Waals surface area contributed by atoms with E-state index in [9.17, 15) is 9.59 Å². The molecule has 0 saturated heterocycles. The van der Waals surface area contributed by atoms with Gasteiger partial charge in [0.05, 0.1) is 6.42 Å². The van der Waals surface area contributed by atoms with Crippen molar-refractivity contribution in [1.29, 1.82) is 0 Å². The minimum Gasteiger partial charge on any atom is -0.489 e. The van der Waals surface area contributed by atoms with Gasteiger partial charge in [0.1, 0.15) is 12.4 Å². The molecule has 0 bridgehead atoms. The Hall–Kier alpha value is -4.42. The van der Waals surface area contributed by atoms with E-state index in [2.05, 4.69) is 47.4 Å². The van der Waals surface area contributed by atoms with E-state index in [1.54, 1.807) is 0 Å². The fourth-order valence-corrected chi connectivity index (χ4v) is 4.79. The minimum absolute atomic E-state index is 0.00708. The Morgan fingerprint density at radius 1 is 0.634 bits per heavy atom. The van der Waals surface area contributed by atoms with Crippen LogP contribution in [0.1, 0.15) is 41.5 Å². The summed E-state index contributed by atoms with van der Waals surface area (Å²) in [4.78, 5) is 24.3. The van der Waals surface area contributed by atoms with Crippen LogP contribution in [0.25, 0.3) is 11.1 Å². The van der Waals surface area contributed by atoms with Crippen LogP contribution < -0.4 is 4.74 Å². The summed E-state index contributed by atoms with van der Waals surface area (Å²) in [5.41, 5.74) is 6.46. The summed E-state index contributed by atoms with van der Waals surface area (Å²) in [5.74, 6) is -0.752. The predicted molar refractivity (Wildman–Crippen MR) is 161 cm³/mol. The van der Waals surface area contributed by atoms with Gasteiger partial charge in [-0.1, -0.05) is 97.1 Å². The lowest BCUT2D eigenvalue weighted by atomic mass is 10.0. The lowest BCUT2D eigenvalue weighted by molar-refractivity contribution is -0.137. The number of aliphatic carboxylic acids is 2. The number of ether oxygens (including phenoxy) is 1. The molecular weight excluding hydrogens is 514 g/mol. The second-order valence-corrected chi connectivity index (χ2v) is 10.2. The molecule has 0 amide bonds. The molecule has 0 saturated carbocycles. The van der Waals surface area contributed by atoms with Crippen molar-refractivity contribution in [2.45, 2.75) is 45.3 Å². The number of unbranched alkanes of at least 4 members (excludes halogenated alkanes) is 1. The Kier molecular flexibility index (Phi) is 11.1. The Labute approximate surface area is 241 Å². The third-order valence-corrected chi connectivity index (χ3v) is 7.02. The highest BCUT2D eigenvalue weighted by molar-refractivity contribution is 5.70. The monoisotopic (exact) mass is 551 g/mol. The van der Waals surface area contributed by atoms with Gasteiger partial charge in [0.2, 0.25) is 0 Å². The first kappa shape index (κ1) is 29.6. The van der Waals surface area contributed by atoms with Gasteiger partial charge in [-0.15, -0.1) is 0 Å². The molecule has 6 nitrogen and oxygen atoms in total. The number of benzene rings is 4. The molecule has 0 radical (unpaired) electrons. The van der Waals surface area contributed by atoms with Crippen LogP contribution in [-0.2, 0) is 35.6 Å². The molecule has 4 aromatic carbocycles. The lowest BCUT2D eigenvalue weighted by Gasteiger charge is -2.23. The van der Waals surface area contributed by atoms with Crippen molar-refractivity contribution in [1.82, 2.24) is 4.90 Å². The summed E-state index contributed by atoms with van der Waals surface area (Å²) in [6.45, 7) is 2.75. The van der Waals surface area contributed by atoms with Crippen LogP contribution in [-0.4, -0.2) is 40.1 Å². The molecule has 4 rings (SSSR count). The lowest BCUT2D eigenvalue weighted by Crippen LogP contribution is -2.27. The second kappa shape index (κ2) is 15.4. The Balaban J connectivity index is 1.37. The number of carbonyl (C=O) groups is 2. The molecule has 0 atom stereocenters. The van der Waals surface area contributed by atoms with E-state index in [0.29, 0.717) is 19.6 Å². The van der Waals surface area contributed by atoms with Crippen LogP contribution in [0.3, 0.4) is 0 Å². The smallest absolute Gasteiger partial charge is 0.307 e. The molecule has 0 aliphatic heterocycles. The van der Waals surface area contributed by atoms with E-state index >= 15 is 0 Å². The topological polar surface area (TPSA) is 87.1 Å². The zero-order chi connectivity index (χ0) is 28.9. The van der Waals surface area contributed by atoms with Gasteiger partial charge in [-0.2, -0.15) is 0 Å². The van der Waals surface area contributed by atoms with Gasteiger partial charge in [0.15, 0.2) is 0 Å². The number of hydrogen-bond acceptors (Lipinski definition) is 4. The number of carboxylic acids is 2. The number of nitrogens with zero attached hydrogens (tertiary/aromatic N) is 1. The molecule has 2 N–H and O–H groups in total. The maximum Gasteiger partial charge on any atom is 0.307 e. The van der Waals surface area contributed by atoms with Crippen molar-refractivity contribution < 1.29 is 24.5 Å². The normalized spacial score (nSPS) is 11.0. The van der Waals surface area contributed by atoms with Crippen molar-refractivity contribution in [3.63, 3.8) is 0 Å². The predicted octanol–water partition coefficient (Wildman–Crippen LogP) is 6.86. The van der Waals surface area contributed by atoms with Crippen molar-refractivity contribution >= 4 is 11.9 Å². The minimum atomic E-state index is -0.845. The second-order valence-electron chi connectivity index (χ2n) is 10.2. The summed E-state index contributed by atoms with van der Waals surface area (Å²) in [5, 5.41) is 18.1. The van der Waals surface area contributed by atoms with Crippen molar-refractivity contribution in [3.05, 3.63) is 125 Å². The van der Waals surface area contributed by atoms with Crippen molar-refractivity contribution in [3.8, 4) is 16.9 Å². The molecule has 4 aromatic rings. The molecule has 0 aliphatic rings. The number of carboxylic acid groups (broad SMARTS) is 2. The molecule has 0 spiro atoms. The maximum absolute atomic E-state index is 11.0. The van der Waals surface area contributed by atoms with Gasteiger partial charge in [-0.05, 0) is 65.3 Å². The highest BCUT2D eigenvalue weighted by atomic mass is 16.5. The van der Waals surface area contributed by atoms with Gasteiger partial charge >= 0.3 is 11.9 Å². The number of hydrogen-bond donors (Lipinski definition) is 2. The van der Waals surface area contributed by atoms with E-state index < -0.39 is 11.9 Å². The van der Waals surface area contributed by atoms with E-state index in [1.807, 2.05) is 60.7 Å². The largest absolute Gasteiger partial charge is 0.489 e. The van der Waals surface area contributed by atoms with Crippen LogP contribution in [0, 0.1) is 0 Å². The zero-order valence-corrected chi connectivity index (χ0v) is 23.2. The van der Waals surface area contributed by atoms with E-state index in [1.165, 1.54) is 11.1 Å². The van der Waals surface area contributed by atoms with E-state index in [-0.39, 0.29) is 12.8 Å². The molecule has 0 fully saturated rings. The first-order valence-electron chi connectivity index (χ1n) is 14.0. The standard InChI is InChI=1S/C35H37NO5/c37-34(38)12-6-7-22-36(25-28-15-13-27(14-16-28)24-35(39)40)23-21-32-10-4-5-11-33(32)41-26-29-17-19-31(20-18-29)30-8-2-1-3-9-30/h1-5,8-11,13-20H,6-7,12,21-26H2,(H,37,38)(H,39,40). The van der Waals surface area contributed by atoms with Crippen molar-refractivity contribution in [2.75, 3.05) is 13.1 Å². The summed E-state index contributed by atoms with van der Waals surface area (Å²) >= 11 is 0. The molecular formula is C35H37NO5. The van der Waals surface area contributed by atoms with Crippen molar-refractivity contribution in [2.24, 2.45) is 0 Å². The summed E-state index contributed by atoms with van der Waals surface area (Å²) in [6, 6.07) is 34.5. The quantitative estimate of drug-likeness (QED) is 0.148. The van der Waals surface area contributed by atoms with Gasteiger partial charge in [-0.3, -0.25) is 14.5 Å². The molecule has 41 heavy (non-hydrogen) atoms. The van der Waals surface area contributed by atoms with Crippen LogP contribution in [0.4, 0.5) is 0 Å². The van der Waals surface area contributed by atoms with Crippen LogP contribution in [0.15, 0.2) is 103 Å². The van der Waals surface area contributed by atoms with Gasteiger partial charge in [0.25, 0.3) is 0 Å². The average molecular weight is 552 g/mol. The Morgan fingerprint density at radius 2 is 1.27 bits per heavy atom. The van der Waals surface area contributed by atoms with Gasteiger partial charge in [0, 0.05) is 19.5 Å². The van der Waals surface area contributed by atoms with E-state index in [4.69, 9.17) is 14.9 Å². The fourth-order valence-electron chi connectivity index (χ4n) is 4.79. The first-order chi connectivity index (χ1) is 20.0. The average Bonchev–Trinajstić information content (AvgIpc) is 2.98.